The third kappa shape index (κ3) is 4.85. The zero-order valence-electron chi connectivity index (χ0n) is 16.2. The molecule has 2 heterocycles. The van der Waals surface area contributed by atoms with E-state index in [9.17, 15) is 0 Å². The highest BCUT2D eigenvalue weighted by Gasteiger charge is 2.38. The van der Waals surface area contributed by atoms with Gasteiger partial charge in [-0.3, -0.25) is 0 Å². The smallest absolute Gasteiger partial charge is 0.0948 e. The van der Waals surface area contributed by atoms with Crippen LogP contribution in [0.15, 0.2) is 43.0 Å². The SMILES string of the molecule is Cl.Cl.NCC1(c2cccc(Cl)c2)CCC(N2CCC(n3ccnc3)CC2)CC1. The molecule has 7 heteroatoms. The molecule has 1 saturated carbocycles. The van der Waals surface area contributed by atoms with Crippen molar-refractivity contribution in [1.82, 2.24) is 14.5 Å². The van der Waals surface area contributed by atoms with Gasteiger partial charge in [0.25, 0.3) is 0 Å². The van der Waals surface area contributed by atoms with Crippen LogP contribution in [0.1, 0.15) is 50.1 Å². The molecule has 2 fully saturated rings. The van der Waals surface area contributed by atoms with Gasteiger partial charge in [-0.1, -0.05) is 23.7 Å². The fourth-order valence-electron chi connectivity index (χ4n) is 4.98. The molecule has 1 aromatic carbocycles. The average Bonchev–Trinajstić information content (AvgIpc) is 3.23. The fraction of sp³-hybridized carbons (Fsp3) is 0.571. The number of piperidine rings is 1. The molecule has 4 nitrogen and oxygen atoms in total. The molecule has 0 radical (unpaired) electrons. The van der Waals surface area contributed by atoms with Crippen molar-refractivity contribution in [2.45, 2.75) is 56.0 Å². The summed E-state index contributed by atoms with van der Waals surface area (Å²) in [4.78, 5) is 6.91. The first-order valence-corrected chi connectivity index (χ1v) is 10.3. The Morgan fingerprint density at radius 2 is 1.79 bits per heavy atom. The van der Waals surface area contributed by atoms with Gasteiger partial charge in [-0.2, -0.15) is 0 Å². The first kappa shape index (κ1) is 23.5. The van der Waals surface area contributed by atoms with Crippen LogP contribution in [0, 0.1) is 0 Å². The van der Waals surface area contributed by atoms with E-state index in [-0.39, 0.29) is 30.2 Å². The molecule has 4 rings (SSSR count). The average molecular weight is 446 g/mol. The molecular formula is C21H31Cl3N4. The van der Waals surface area contributed by atoms with E-state index in [4.69, 9.17) is 17.3 Å². The van der Waals surface area contributed by atoms with Gasteiger partial charge in [-0.25, -0.2) is 4.98 Å². The van der Waals surface area contributed by atoms with Gasteiger partial charge in [0.2, 0.25) is 0 Å². The van der Waals surface area contributed by atoms with Crippen molar-refractivity contribution in [1.29, 1.82) is 0 Å². The standard InChI is InChI=1S/C21H29ClN4.2ClH/c22-18-3-1-2-17(14-18)21(15-23)8-4-19(5-9-21)25-11-6-20(7-12-25)26-13-10-24-16-26;;/h1-3,10,13-14,16,19-20H,4-9,11-12,15,23H2;2*1H. The van der Waals surface area contributed by atoms with Crippen molar-refractivity contribution in [2.24, 2.45) is 5.73 Å². The highest BCUT2D eigenvalue weighted by molar-refractivity contribution is 6.30. The minimum atomic E-state index is 0. The van der Waals surface area contributed by atoms with Gasteiger partial charge in [-0.15, -0.1) is 24.8 Å². The number of imidazole rings is 1. The Morgan fingerprint density at radius 1 is 1.07 bits per heavy atom. The van der Waals surface area contributed by atoms with Gasteiger partial charge in [0, 0.05) is 54.5 Å². The second-order valence-corrected chi connectivity index (χ2v) is 8.44. The van der Waals surface area contributed by atoms with Crippen LogP contribution in [0.5, 0.6) is 0 Å². The lowest BCUT2D eigenvalue weighted by molar-refractivity contribution is 0.0893. The Balaban J connectivity index is 0.00000140. The van der Waals surface area contributed by atoms with Crippen LogP contribution in [0.3, 0.4) is 0 Å². The number of hydrogen-bond acceptors (Lipinski definition) is 3. The summed E-state index contributed by atoms with van der Waals surface area (Å²) in [6, 6.07) is 9.65. The van der Waals surface area contributed by atoms with Crippen LogP contribution in [-0.2, 0) is 5.41 Å². The molecule has 0 spiro atoms. The number of halogens is 3. The molecule has 1 aliphatic heterocycles. The maximum atomic E-state index is 6.25. The number of aromatic nitrogens is 2. The molecule has 0 unspecified atom stereocenters. The Hall–Kier alpha value is -0.780. The van der Waals surface area contributed by atoms with E-state index in [1.54, 1.807) is 0 Å². The molecule has 2 aromatic rings. The third-order valence-electron chi connectivity index (χ3n) is 6.70. The summed E-state index contributed by atoms with van der Waals surface area (Å²) in [6.07, 6.45) is 13.2. The van der Waals surface area contributed by atoms with Crippen molar-refractivity contribution >= 4 is 36.4 Å². The molecule has 1 saturated heterocycles. The third-order valence-corrected chi connectivity index (χ3v) is 6.94. The van der Waals surface area contributed by atoms with E-state index in [1.165, 1.54) is 44.3 Å². The summed E-state index contributed by atoms with van der Waals surface area (Å²) in [5.74, 6) is 0. The summed E-state index contributed by atoms with van der Waals surface area (Å²) in [5, 5.41) is 0.819. The molecular weight excluding hydrogens is 415 g/mol. The summed E-state index contributed by atoms with van der Waals surface area (Å²) >= 11 is 6.23. The lowest BCUT2D eigenvalue weighted by Gasteiger charge is -2.45. The maximum Gasteiger partial charge on any atom is 0.0948 e. The van der Waals surface area contributed by atoms with Crippen molar-refractivity contribution < 1.29 is 0 Å². The molecule has 0 amide bonds. The maximum absolute atomic E-state index is 6.25. The second kappa shape index (κ2) is 10.3. The molecule has 2 aliphatic rings. The highest BCUT2D eigenvalue weighted by Crippen LogP contribution is 2.41. The van der Waals surface area contributed by atoms with E-state index in [0.29, 0.717) is 18.6 Å². The van der Waals surface area contributed by atoms with Gasteiger partial charge < -0.3 is 15.2 Å². The largest absolute Gasteiger partial charge is 0.334 e. The Labute approximate surface area is 185 Å². The highest BCUT2D eigenvalue weighted by atomic mass is 35.5. The summed E-state index contributed by atoms with van der Waals surface area (Å²) in [5.41, 5.74) is 7.68. The molecule has 28 heavy (non-hydrogen) atoms. The number of hydrogen-bond donors (Lipinski definition) is 1. The molecule has 0 bridgehead atoms. The van der Waals surface area contributed by atoms with E-state index < -0.39 is 0 Å². The normalized spacial score (nSPS) is 26.3. The van der Waals surface area contributed by atoms with Gasteiger partial charge in [0.15, 0.2) is 0 Å². The predicted octanol–water partition coefficient (Wildman–Crippen LogP) is 4.86. The quantitative estimate of drug-likeness (QED) is 0.731. The minimum Gasteiger partial charge on any atom is -0.334 e. The predicted molar refractivity (Wildman–Crippen MR) is 121 cm³/mol. The first-order chi connectivity index (χ1) is 12.7. The first-order valence-electron chi connectivity index (χ1n) is 9.88. The summed E-state index contributed by atoms with van der Waals surface area (Å²) < 4.78 is 2.27. The van der Waals surface area contributed by atoms with Crippen LogP contribution in [0.2, 0.25) is 5.02 Å². The molecule has 0 atom stereocenters. The Morgan fingerprint density at radius 3 is 2.36 bits per heavy atom. The van der Waals surface area contributed by atoms with Crippen molar-refractivity contribution in [3.63, 3.8) is 0 Å². The summed E-state index contributed by atoms with van der Waals surface area (Å²) in [6.45, 7) is 3.10. The van der Waals surface area contributed by atoms with Crippen LogP contribution in [0.25, 0.3) is 0 Å². The number of likely N-dealkylation sites (tertiary alicyclic amines) is 1. The van der Waals surface area contributed by atoms with E-state index in [2.05, 4.69) is 38.8 Å². The number of nitrogens with two attached hydrogens (primary N) is 1. The van der Waals surface area contributed by atoms with E-state index >= 15 is 0 Å². The van der Waals surface area contributed by atoms with Gasteiger partial charge in [0.05, 0.1) is 6.33 Å². The van der Waals surface area contributed by atoms with E-state index in [1.807, 2.05) is 18.6 Å². The van der Waals surface area contributed by atoms with Gasteiger partial charge in [0.1, 0.15) is 0 Å². The zero-order chi connectivity index (χ0) is 18.0. The Bertz CT molecular complexity index is 706. The van der Waals surface area contributed by atoms with Crippen LogP contribution < -0.4 is 5.73 Å². The van der Waals surface area contributed by atoms with Crippen molar-refractivity contribution in [2.75, 3.05) is 19.6 Å². The number of rotatable bonds is 4. The van der Waals surface area contributed by atoms with Gasteiger partial charge >= 0.3 is 0 Å². The minimum absolute atomic E-state index is 0. The van der Waals surface area contributed by atoms with Gasteiger partial charge in [-0.05, 0) is 56.2 Å². The fourth-order valence-corrected chi connectivity index (χ4v) is 5.17. The summed E-state index contributed by atoms with van der Waals surface area (Å²) in [7, 11) is 0. The van der Waals surface area contributed by atoms with Crippen LogP contribution in [-0.4, -0.2) is 40.1 Å². The van der Waals surface area contributed by atoms with E-state index in [0.717, 1.165) is 17.9 Å². The monoisotopic (exact) mass is 444 g/mol. The van der Waals surface area contributed by atoms with Crippen molar-refractivity contribution in [3.05, 3.63) is 53.6 Å². The second-order valence-electron chi connectivity index (χ2n) is 8.00. The Kier molecular flexibility index (Phi) is 8.65. The lowest BCUT2D eigenvalue weighted by atomic mass is 9.68. The molecule has 156 valence electrons. The van der Waals surface area contributed by atoms with Crippen LogP contribution >= 0.6 is 36.4 Å². The zero-order valence-corrected chi connectivity index (χ0v) is 18.6. The molecule has 1 aliphatic carbocycles. The van der Waals surface area contributed by atoms with Crippen LogP contribution in [0.4, 0.5) is 0 Å². The van der Waals surface area contributed by atoms with Crippen molar-refractivity contribution in [3.8, 4) is 0 Å². The topological polar surface area (TPSA) is 47.1 Å². The molecule has 2 N–H and O–H groups in total. The molecule has 1 aromatic heterocycles. The number of benzene rings is 1. The number of nitrogens with zero attached hydrogens (tertiary/aromatic N) is 3. The lowest BCUT2D eigenvalue weighted by Crippen LogP contribution is -2.47.